The van der Waals surface area contributed by atoms with Crippen LogP contribution in [0.1, 0.15) is 60.8 Å². The van der Waals surface area contributed by atoms with Crippen molar-refractivity contribution in [1.29, 1.82) is 0 Å². The van der Waals surface area contributed by atoms with Crippen molar-refractivity contribution >= 4 is 6.08 Å². The van der Waals surface area contributed by atoms with Gasteiger partial charge in [0, 0.05) is 11.0 Å². The molecule has 36 heavy (non-hydrogen) atoms. The molecule has 1 unspecified atom stereocenters. The maximum Gasteiger partial charge on any atom is 0.119 e. The molecule has 1 aliphatic carbocycles. The number of nitrogens with two attached hydrogens (primary N) is 1. The van der Waals surface area contributed by atoms with Crippen molar-refractivity contribution in [2.24, 2.45) is 5.73 Å². The summed E-state index contributed by atoms with van der Waals surface area (Å²) in [7, 11) is 1.74. The number of ether oxygens (including phenoxy) is 1. The lowest BCUT2D eigenvalue weighted by atomic mass is 9.69. The molecule has 188 valence electrons. The maximum absolute atomic E-state index is 6.25. The van der Waals surface area contributed by atoms with E-state index in [-0.39, 0.29) is 11.0 Å². The van der Waals surface area contributed by atoms with Gasteiger partial charge >= 0.3 is 0 Å². The number of likely N-dealkylation sites (tertiary alicyclic amines) is 1. The minimum absolute atomic E-state index is 0.0498. The van der Waals surface area contributed by atoms with Crippen LogP contribution in [0.3, 0.4) is 0 Å². The first-order valence-corrected chi connectivity index (χ1v) is 13.6. The molecule has 3 nitrogen and oxygen atoms in total. The van der Waals surface area contributed by atoms with E-state index < -0.39 is 0 Å². The standard InChI is InChI=1S/C33H40N2O/c1-36-31-16-15-28-26-32(20-17-27(28)25-31)18-8-9-23-35(32)24-10-19-33(21-22-34,29-11-4-2-5-12-29)30-13-6-3-7-14-30/h2-7,11-17,20,25H,8-10,18-19,21-24,26,34H2,1H3. The molecule has 2 N–H and O–H groups in total. The van der Waals surface area contributed by atoms with Crippen molar-refractivity contribution in [2.45, 2.75) is 55.9 Å². The van der Waals surface area contributed by atoms with Crippen LogP contribution < -0.4 is 10.5 Å². The van der Waals surface area contributed by atoms with E-state index in [2.05, 4.69) is 95.9 Å². The van der Waals surface area contributed by atoms with Gasteiger partial charge < -0.3 is 10.5 Å². The fraction of sp³-hybridized carbons (Fsp3) is 0.394. The van der Waals surface area contributed by atoms with Gasteiger partial charge in [0.1, 0.15) is 5.75 Å². The number of nitrogens with zero attached hydrogens (tertiary/aromatic N) is 1. The molecule has 0 amide bonds. The van der Waals surface area contributed by atoms with Gasteiger partial charge in [0.25, 0.3) is 0 Å². The van der Waals surface area contributed by atoms with Gasteiger partial charge in [-0.2, -0.15) is 0 Å². The van der Waals surface area contributed by atoms with Gasteiger partial charge in [0.05, 0.1) is 7.11 Å². The zero-order valence-electron chi connectivity index (χ0n) is 21.7. The van der Waals surface area contributed by atoms with Gasteiger partial charge in [0.2, 0.25) is 0 Å². The fourth-order valence-corrected chi connectivity index (χ4v) is 6.69. The molecule has 0 saturated carbocycles. The van der Waals surface area contributed by atoms with E-state index in [0.29, 0.717) is 6.54 Å². The molecule has 1 fully saturated rings. The van der Waals surface area contributed by atoms with E-state index in [4.69, 9.17) is 10.5 Å². The summed E-state index contributed by atoms with van der Waals surface area (Å²) in [5.41, 5.74) is 11.9. The highest BCUT2D eigenvalue weighted by Crippen LogP contribution is 2.42. The van der Waals surface area contributed by atoms with E-state index in [1.54, 1.807) is 7.11 Å². The van der Waals surface area contributed by atoms with E-state index >= 15 is 0 Å². The molecule has 3 heteroatoms. The van der Waals surface area contributed by atoms with Crippen molar-refractivity contribution in [3.8, 4) is 5.75 Å². The van der Waals surface area contributed by atoms with Crippen molar-refractivity contribution in [2.75, 3.05) is 26.7 Å². The molecule has 3 aromatic carbocycles. The number of methoxy groups -OCH3 is 1. The third-order valence-corrected chi connectivity index (χ3v) is 8.60. The first kappa shape index (κ1) is 24.8. The second kappa shape index (κ2) is 11.0. The fourth-order valence-electron chi connectivity index (χ4n) is 6.69. The molecule has 0 radical (unpaired) electrons. The average molecular weight is 481 g/mol. The summed E-state index contributed by atoms with van der Waals surface area (Å²) >= 11 is 0. The SMILES string of the molecule is COc1ccc2c(c1)C=CC1(CCCCN1CCCC(CCN)(c1ccccc1)c1ccccc1)C2. The Morgan fingerprint density at radius 1 is 0.917 bits per heavy atom. The van der Waals surface area contributed by atoms with Gasteiger partial charge in [0.15, 0.2) is 0 Å². The zero-order chi connectivity index (χ0) is 24.8. The summed E-state index contributed by atoms with van der Waals surface area (Å²) in [5, 5.41) is 0. The average Bonchev–Trinajstić information content (AvgIpc) is 2.94. The molecule has 0 bridgehead atoms. The smallest absolute Gasteiger partial charge is 0.119 e. The molecule has 1 spiro atoms. The Labute approximate surface area is 217 Å². The van der Waals surface area contributed by atoms with Crippen LogP contribution in [0.4, 0.5) is 0 Å². The first-order valence-electron chi connectivity index (χ1n) is 13.6. The molecule has 5 rings (SSSR count). The van der Waals surface area contributed by atoms with Crippen LogP contribution in [0.2, 0.25) is 0 Å². The normalized spacial score (nSPS) is 19.8. The lowest BCUT2D eigenvalue weighted by molar-refractivity contribution is 0.0813. The minimum Gasteiger partial charge on any atom is -0.497 e. The van der Waals surface area contributed by atoms with Crippen molar-refractivity contribution in [1.82, 2.24) is 4.90 Å². The predicted octanol–water partition coefficient (Wildman–Crippen LogP) is 6.60. The minimum atomic E-state index is -0.0498. The second-order valence-electron chi connectivity index (χ2n) is 10.6. The van der Waals surface area contributed by atoms with Gasteiger partial charge in [-0.05, 0) is 92.5 Å². The van der Waals surface area contributed by atoms with Crippen LogP contribution in [-0.2, 0) is 11.8 Å². The summed E-state index contributed by atoms with van der Waals surface area (Å²) in [6.07, 6.45) is 13.0. The number of hydrogen-bond acceptors (Lipinski definition) is 3. The van der Waals surface area contributed by atoms with Crippen LogP contribution >= 0.6 is 0 Å². The lowest BCUT2D eigenvalue weighted by Gasteiger charge is -2.48. The number of hydrogen-bond donors (Lipinski definition) is 1. The molecular formula is C33H40N2O. The Balaban J connectivity index is 1.38. The molecule has 1 aliphatic heterocycles. The summed E-state index contributed by atoms with van der Waals surface area (Å²) < 4.78 is 5.46. The van der Waals surface area contributed by atoms with Gasteiger partial charge in [-0.25, -0.2) is 0 Å². The Hall–Kier alpha value is -2.88. The number of benzene rings is 3. The van der Waals surface area contributed by atoms with Crippen molar-refractivity contribution in [3.05, 3.63) is 107 Å². The quantitative estimate of drug-likeness (QED) is 0.375. The summed E-state index contributed by atoms with van der Waals surface area (Å²) in [4.78, 5) is 2.78. The van der Waals surface area contributed by atoms with Gasteiger partial charge in [-0.1, -0.05) is 85.3 Å². The van der Waals surface area contributed by atoms with E-state index in [0.717, 1.165) is 38.0 Å². The molecule has 1 atom stereocenters. The largest absolute Gasteiger partial charge is 0.497 e. The summed E-state index contributed by atoms with van der Waals surface area (Å²) in [6.45, 7) is 2.97. The van der Waals surface area contributed by atoms with Gasteiger partial charge in [-0.3, -0.25) is 4.90 Å². The molecule has 1 saturated heterocycles. The molecule has 2 aliphatic rings. The van der Waals surface area contributed by atoms with E-state index in [9.17, 15) is 0 Å². The Morgan fingerprint density at radius 3 is 2.31 bits per heavy atom. The summed E-state index contributed by atoms with van der Waals surface area (Å²) in [6, 6.07) is 28.6. The number of rotatable bonds is 9. The highest BCUT2D eigenvalue weighted by molar-refractivity contribution is 5.61. The van der Waals surface area contributed by atoms with Crippen LogP contribution in [0.5, 0.6) is 5.75 Å². The number of piperidine rings is 1. The third-order valence-electron chi connectivity index (χ3n) is 8.60. The van der Waals surface area contributed by atoms with E-state index in [1.807, 2.05) is 0 Å². The first-order chi connectivity index (χ1) is 17.7. The third kappa shape index (κ3) is 4.87. The topological polar surface area (TPSA) is 38.5 Å². The monoisotopic (exact) mass is 480 g/mol. The predicted molar refractivity (Wildman–Crippen MR) is 150 cm³/mol. The lowest BCUT2D eigenvalue weighted by Crippen LogP contribution is -2.53. The van der Waals surface area contributed by atoms with Crippen LogP contribution in [0, 0.1) is 0 Å². The van der Waals surface area contributed by atoms with E-state index in [1.165, 1.54) is 48.1 Å². The maximum atomic E-state index is 6.25. The van der Waals surface area contributed by atoms with Gasteiger partial charge in [-0.15, -0.1) is 0 Å². The zero-order valence-corrected chi connectivity index (χ0v) is 21.7. The summed E-state index contributed by atoms with van der Waals surface area (Å²) in [5.74, 6) is 0.938. The second-order valence-corrected chi connectivity index (χ2v) is 10.6. The highest BCUT2D eigenvalue weighted by Gasteiger charge is 2.39. The van der Waals surface area contributed by atoms with Crippen LogP contribution in [0.15, 0.2) is 84.9 Å². The molecule has 3 aromatic rings. The Morgan fingerprint density at radius 2 is 1.64 bits per heavy atom. The molecular weight excluding hydrogens is 440 g/mol. The molecule has 1 heterocycles. The van der Waals surface area contributed by atoms with Crippen molar-refractivity contribution < 1.29 is 4.74 Å². The highest BCUT2D eigenvalue weighted by atomic mass is 16.5. The van der Waals surface area contributed by atoms with Crippen LogP contribution in [-0.4, -0.2) is 37.2 Å². The molecule has 0 aromatic heterocycles. The Bertz CT molecular complexity index is 1120. The number of fused-ring (bicyclic) bond motifs is 1. The van der Waals surface area contributed by atoms with Crippen molar-refractivity contribution in [3.63, 3.8) is 0 Å². The Kier molecular flexibility index (Phi) is 7.59. The van der Waals surface area contributed by atoms with Crippen LogP contribution in [0.25, 0.3) is 6.08 Å².